The summed E-state index contributed by atoms with van der Waals surface area (Å²) in [5.41, 5.74) is 1.21. The molecular weight excluding hydrogens is 388 g/mol. The largest absolute Gasteiger partial charge is 0.481 e. The molecule has 1 aromatic rings. The molecule has 0 aliphatic heterocycles. The average molecular weight is 425 g/mol. The van der Waals surface area contributed by atoms with Gasteiger partial charge in [-0.3, -0.25) is 4.79 Å². The molecule has 1 aliphatic rings. The van der Waals surface area contributed by atoms with Crippen molar-refractivity contribution >= 4 is 17.7 Å². The Morgan fingerprint density at radius 3 is 2.48 bits per heavy atom. The van der Waals surface area contributed by atoms with E-state index in [2.05, 4.69) is 19.1 Å². The van der Waals surface area contributed by atoms with Gasteiger partial charge < -0.3 is 20.4 Å². The molecule has 4 N–H and O–H groups in total. The number of thioether (sulfide) groups is 1. The molecule has 5 atom stereocenters. The Kier molecular flexibility index (Phi) is 10.5. The van der Waals surface area contributed by atoms with Crippen molar-refractivity contribution in [2.24, 2.45) is 11.8 Å². The lowest BCUT2D eigenvalue weighted by atomic mass is 9.85. The van der Waals surface area contributed by atoms with Crippen molar-refractivity contribution in [2.75, 3.05) is 5.75 Å². The third kappa shape index (κ3) is 8.67. The van der Waals surface area contributed by atoms with Gasteiger partial charge in [0.05, 0.1) is 18.3 Å². The number of aryl methyl sites for hydroxylation is 1. The second kappa shape index (κ2) is 12.6. The van der Waals surface area contributed by atoms with Crippen LogP contribution >= 0.6 is 11.8 Å². The van der Waals surface area contributed by atoms with Crippen LogP contribution in [0.3, 0.4) is 0 Å². The van der Waals surface area contributed by atoms with Crippen LogP contribution in [0.5, 0.6) is 0 Å². The fraction of sp³-hybridized carbons (Fsp3) is 0.696. The summed E-state index contributed by atoms with van der Waals surface area (Å²) in [4.78, 5) is 11.7. The van der Waals surface area contributed by atoms with E-state index in [4.69, 9.17) is 5.11 Å². The highest BCUT2D eigenvalue weighted by atomic mass is 32.2. The number of carbonyl (C=O) groups is 1. The standard InChI is InChI=1S/C23H36O5S/c1-16-7-6-8-18(13-16)29-15-17(24)11-12-20-19(21(25)14-22(20)26)9-4-2-3-5-10-23(27)28/h6-8,13,17,19-22,24-26H,2-5,9-12,14-15H2,1H3,(H,27,28)/t17?,19?,20-,21?,22?/m1/s1. The van der Waals surface area contributed by atoms with Gasteiger partial charge in [0.15, 0.2) is 0 Å². The Labute approximate surface area is 178 Å². The number of hydrogen-bond acceptors (Lipinski definition) is 5. The lowest BCUT2D eigenvalue weighted by molar-refractivity contribution is -0.137. The second-order valence-electron chi connectivity index (χ2n) is 8.40. The van der Waals surface area contributed by atoms with Crippen molar-refractivity contribution in [1.82, 2.24) is 0 Å². The summed E-state index contributed by atoms with van der Waals surface area (Å²) in [6.07, 6.45) is 4.90. The summed E-state index contributed by atoms with van der Waals surface area (Å²) in [6, 6.07) is 8.24. The van der Waals surface area contributed by atoms with E-state index in [-0.39, 0.29) is 18.3 Å². The predicted octanol–water partition coefficient (Wildman–Crippen LogP) is 4.01. The van der Waals surface area contributed by atoms with Crippen LogP contribution in [0.1, 0.15) is 63.4 Å². The van der Waals surface area contributed by atoms with E-state index in [9.17, 15) is 20.1 Å². The van der Waals surface area contributed by atoms with Crippen molar-refractivity contribution < 1.29 is 25.2 Å². The fourth-order valence-corrected chi connectivity index (χ4v) is 5.35. The van der Waals surface area contributed by atoms with Crippen LogP contribution in [0.25, 0.3) is 0 Å². The van der Waals surface area contributed by atoms with Gasteiger partial charge in [-0.2, -0.15) is 0 Å². The molecule has 0 spiro atoms. The molecule has 0 aromatic heterocycles. The van der Waals surface area contributed by atoms with Crippen LogP contribution in [0.4, 0.5) is 0 Å². The Morgan fingerprint density at radius 2 is 1.79 bits per heavy atom. The molecule has 5 nitrogen and oxygen atoms in total. The summed E-state index contributed by atoms with van der Waals surface area (Å²) < 4.78 is 0. The van der Waals surface area contributed by atoms with E-state index in [1.807, 2.05) is 12.1 Å². The van der Waals surface area contributed by atoms with Crippen LogP contribution in [0.2, 0.25) is 0 Å². The number of carboxylic acids is 1. The van der Waals surface area contributed by atoms with Crippen LogP contribution in [-0.2, 0) is 4.79 Å². The monoisotopic (exact) mass is 424 g/mol. The van der Waals surface area contributed by atoms with E-state index < -0.39 is 24.3 Å². The topological polar surface area (TPSA) is 98.0 Å². The number of rotatable bonds is 13. The van der Waals surface area contributed by atoms with Crippen LogP contribution in [0.15, 0.2) is 29.2 Å². The highest BCUT2D eigenvalue weighted by Crippen LogP contribution is 2.39. The number of unbranched alkanes of at least 4 members (excludes halogenated alkanes) is 3. The summed E-state index contributed by atoms with van der Waals surface area (Å²) in [6.45, 7) is 2.06. The average Bonchev–Trinajstić information content (AvgIpc) is 2.93. The molecule has 0 saturated heterocycles. The molecule has 0 heterocycles. The maximum atomic E-state index is 10.5. The molecule has 164 valence electrons. The Hall–Kier alpha value is -1.08. The first-order valence-corrected chi connectivity index (χ1v) is 11.8. The molecule has 2 rings (SSSR count). The number of aliphatic carboxylic acids is 1. The van der Waals surface area contributed by atoms with Gasteiger partial charge in [-0.05, 0) is 63.0 Å². The van der Waals surface area contributed by atoms with Gasteiger partial charge in [-0.25, -0.2) is 0 Å². The SMILES string of the molecule is Cc1cccc(SCC(O)CC[C@H]2C(O)CC(O)C2CCCCCCC(=O)O)c1. The molecule has 0 bridgehead atoms. The normalized spacial score (nSPS) is 25.2. The molecule has 4 unspecified atom stereocenters. The molecule has 1 aliphatic carbocycles. The highest BCUT2D eigenvalue weighted by Gasteiger charge is 2.40. The second-order valence-corrected chi connectivity index (χ2v) is 9.50. The molecule has 6 heteroatoms. The van der Waals surface area contributed by atoms with Crippen molar-refractivity contribution in [3.63, 3.8) is 0 Å². The Morgan fingerprint density at radius 1 is 1.10 bits per heavy atom. The number of hydrogen-bond donors (Lipinski definition) is 4. The summed E-state index contributed by atoms with van der Waals surface area (Å²) in [7, 11) is 0. The maximum absolute atomic E-state index is 10.5. The summed E-state index contributed by atoms with van der Waals surface area (Å²) in [5, 5.41) is 39.8. The van der Waals surface area contributed by atoms with Gasteiger partial charge in [0.25, 0.3) is 0 Å². The quantitative estimate of drug-likeness (QED) is 0.282. The minimum atomic E-state index is -0.751. The van der Waals surface area contributed by atoms with Gasteiger partial charge in [-0.15, -0.1) is 11.8 Å². The van der Waals surface area contributed by atoms with E-state index in [1.165, 1.54) is 5.56 Å². The van der Waals surface area contributed by atoms with Crippen LogP contribution in [-0.4, -0.2) is 50.5 Å². The molecule has 1 fully saturated rings. The van der Waals surface area contributed by atoms with Gasteiger partial charge in [-0.1, -0.05) is 37.0 Å². The smallest absolute Gasteiger partial charge is 0.303 e. The first kappa shape index (κ1) is 24.2. The van der Waals surface area contributed by atoms with Crippen molar-refractivity contribution in [3.05, 3.63) is 29.8 Å². The minimum absolute atomic E-state index is 0.0302. The predicted molar refractivity (Wildman–Crippen MR) is 116 cm³/mol. The van der Waals surface area contributed by atoms with Gasteiger partial charge in [0.1, 0.15) is 0 Å². The van der Waals surface area contributed by atoms with Crippen molar-refractivity contribution in [3.8, 4) is 0 Å². The fourth-order valence-electron chi connectivity index (χ4n) is 4.36. The lowest BCUT2D eigenvalue weighted by Crippen LogP contribution is -2.24. The number of aliphatic hydroxyl groups is 3. The Bertz CT molecular complexity index is 623. The molecule has 1 aromatic carbocycles. The number of aliphatic hydroxyl groups excluding tert-OH is 3. The van der Waals surface area contributed by atoms with E-state index in [0.717, 1.165) is 37.0 Å². The van der Waals surface area contributed by atoms with E-state index >= 15 is 0 Å². The van der Waals surface area contributed by atoms with Gasteiger partial charge >= 0.3 is 5.97 Å². The van der Waals surface area contributed by atoms with Crippen LogP contribution in [0, 0.1) is 18.8 Å². The van der Waals surface area contributed by atoms with E-state index in [1.54, 1.807) is 11.8 Å². The summed E-state index contributed by atoms with van der Waals surface area (Å²) in [5.74, 6) is -0.0226. The summed E-state index contributed by atoms with van der Waals surface area (Å²) >= 11 is 1.65. The number of benzene rings is 1. The molecule has 1 saturated carbocycles. The van der Waals surface area contributed by atoms with Crippen molar-refractivity contribution in [2.45, 2.75) is 87.9 Å². The zero-order chi connectivity index (χ0) is 21.2. The minimum Gasteiger partial charge on any atom is -0.481 e. The zero-order valence-corrected chi connectivity index (χ0v) is 18.2. The van der Waals surface area contributed by atoms with Gasteiger partial charge in [0.2, 0.25) is 0 Å². The zero-order valence-electron chi connectivity index (χ0n) is 17.4. The van der Waals surface area contributed by atoms with Crippen molar-refractivity contribution in [1.29, 1.82) is 0 Å². The molecule has 0 radical (unpaired) electrons. The first-order chi connectivity index (χ1) is 13.9. The maximum Gasteiger partial charge on any atom is 0.303 e. The molecule has 29 heavy (non-hydrogen) atoms. The molecular formula is C23H36O5S. The van der Waals surface area contributed by atoms with E-state index in [0.29, 0.717) is 25.0 Å². The third-order valence-corrected chi connectivity index (χ3v) is 7.10. The van der Waals surface area contributed by atoms with Gasteiger partial charge in [0, 0.05) is 17.1 Å². The Balaban J connectivity index is 1.71. The number of carboxylic acid groups (broad SMARTS) is 1. The first-order valence-electron chi connectivity index (χ1n) is 10.8. The van der Waals surface area contributed by atoms with Crippen LogP contribution < -0.4 is 0 Å². The third-order valence-electron chi connectivity index (χ3n) is 5.96. The lowest BCUT2D eigenvalue weighted by Gasteiger charge is -2.24. The molecule has 0 amide bonds. The highest BCUT2D eigenvalue weighted by molar-refractivity contribution is 7.99.